The van der Waals surface area contributed by atoms with Crippen molar-refractivity contribution in [1.29, 1.82) is 0 Å². The zero-order chi connectivity index (χ0) is 15.5. The van der Waals surface area contributed by atoms with Gasteiger partial charge in [0, 0.05) is 25.7 Å². The van der Waals surface area contributed by atoms with Crippen molar-refractivity contribution < 1.29 is 8.42 Å². The van der Waals surface area contributed by atoms with Crippen molar-refractivity contribution in [3.8, 4) is 0 Å². The molecular formula is C15H25N3O2S. The Balaban J connectivity index is 1.95. The van der Waals surface area contributed by atoms with Gasteiger partial charge >= 0.3 is 0 Å². The minimum absolute atomic E-state index is 0.142. The normalized spacial score (nSPS) is 17.7. The van der Waals surface area contributed by atoms with Crippen molar-refractivity contribution in [3.63, 3.8) is 0 Å². The van der Waals surface area contributed by atoms with Crippen LogP contribution >= 0.6 is 0 Å². The summed E-state index contributed by atoms with van der Waals surface area (Å²) in [5, 5.41) is 0. The van der Waals surface area contributed by atoms with E-state index in [1.54, 1.807) is 0 Å². The Labute approximate surface area is 127 Å². The maximum atomic E-state index is 12.3. The second kappa shape index (κ2) is 6.87. The van der Waals surface area contributed by atoms with Gasteiger partial charge in [-0.3, -0.25) is 0 Å². The number of hydrogen-bond donors (Lipinski definition) is 2. The van der Waals surface area contributed by atoms with Crippen LogP contribution in [0.4, 0.5) is 0 Å². The first-order chi connectivity index (χ1) is 9.88. The lowest BCUT2D eigenvalue weighted by Gasteiger charge is -2.28. The predicted octanol–water partition coefficient (Wildman–Crippen LogP) is 1.25. The highest BCUT2D eigenvalue weighted by molar-refractivity contribution is 7.87. The second-order valence-corrected chi connectivity index (χ2v) is 7.85. The Hall–Kier alpha value is -0.950. The summed E-state index contributed by atoms with van der Waals surface area (Å²) in [5.74, 6) is 0.464. The van der Waals surface area contributed by atoms with Gasteiger partial charge in [-0.1, -0.05) is 38.1 Å². The van der Waals surface area contributed by atoms with E-state index in [2.05, 4.69) is 24.6 Å². The summed E-state index contributed by atoms with van der Waals surface area (Å²) in [4.78, 5) is 0. The number of rotatable bonds is 6. The SMILES string of the molecule is CC(C)CC(N)CNS(=O)(=O)N1CCc2ccccc2C1. The lowest BCUT2D eigenvalue weighted by atomic mass is 10.0. The predicted molar refractivity (Wildman–Crippen MR) is 84.9 cm³/mol. The second-order valence-electron chi connectivity index (χ2n) is 6.10. The molecule has 1 heterocycles. The molecule has 1 unspecified atom stereocenters. The smallest absolute Gasteiger partial charge is 0.279 e. The molecule has 2 rings (SSSR count). The van der Waals surface area contributed by atoms with Gasteiger partial charge in [0.1, 0.15) is 0 Å². The van der Waals surface area contributed by atoms with Gasteiger partial charge in [-0.15, -0.1) is 0 Å². The number of fused-ring (bicyclic) bond motifs is 1. The van der Waals surface area contributed by atoms with E-state index >= 15 is 0 Å². The van der Waals surface area contributed by atoms with E-state index in [-0.39, 0.29) is 6.04 Å². The van der Waals surface area contributed by atoms with E-state index in [0.29, 0.717) is 25.6 Å². The quantitative estimate of drug-likeness (QED) is 0.830. The number of benzene rings is 1. The van der Waals surface area contributed by atoms with Gasteiger partial charge in [-0.05, 0) is 29.9 Å². The van der Waals surface area contributed by atoms with Gasteiger partial charge in [0.05, 0.1) is 0 Å². The summed E-state index contributed by atoms with van der Waals surface area (Å²) in [6.07, 6.45) is 1.57. The lowest BCUT2D eigenvalue weighted by Crippen LogP contribution is -2.47. The number of nitrogens with one attached hydrogen (secondary N) is 1. The Morgan fingerprint density at radius 1 is 1.29 bits per heavy atom. The fraction of sp³-hybridized carbons (Fsp3) is 0.600. The van der Waals surface area contributed by atoms with Gasteiger partial charge in [-0.25, -0.2) is 4.72 Å². The van der Waals surface area contributed by atoms with Gasteiger partial charge in [0.2, 0.25) is 0 Å². The van der Waals surface area contributed by atoms with Crippen molar-refractivity contribution in [3.05, 3.63) is 35.4 Å². The molecule has 1 aliphatic heterocycles. The van der Waals surface area contributed by atoms with Crippen molar-refractivity contribution in [2.24, 2.45) is 11.7 Å². The molecule has 0 fully saturated rings. The van der Waals surface area contributed by atoms with E-state index in [9.17, 15) is 8.42 Å². The Morgan fingerprint density at radius 3 is 2.62 bits per heavy atom. The largest absolute Gasteiger partial charge is 0.327 e. The maximum Gasteiger partial charge on any atom is 0.279 e. The Morgan fingerprint density at radius 2 is 1.95 bits per heavy atom. The van der Waals surface area contributed by atoms with Crippen LogP contribution in [0.1, 0.15) is 31.4 Å². The highest BCUT2D eigenvalue weighted by Gasteiger charge is 2.26. The Bertz CT molecular complexity index is 572. The Kier molecular flexibility index (Phi) is 5.37. The highest BCUT2D eigenvalue weighted by atomic mass is 32.2. The molecule has 0 saturated carbocycles. The summed E-state index contributed by atoms with van der Waals surface area (Å²) in [6, 6.07) is 7.84. The first-order valence-electron chi connectivity index (χ1n) is 7.45. The zero-order valence-electron chi connectivity index (χ0n) is 12.7. The van der Waals surface area contributed by atoms with Gasteiger partial charge in [0.25, 0.3) is 10.2 Å². The fourth-order valence-corrected chi connectivity index (χ4v) is 3.92. The molecule has 0 amide bonds. The van der Waals surface area contributed by atoms with Crippen LogP contribution in [0.25, 0.3) is 0 Å². The van der Waals surface area contributed by atoms with E-state index in [0.717, 1.165) is 18.4 Å². The van der Waals surface area contributed by atoms with E-state index < -0.39 is 10.2 Å². The van der Waals surface area contributed by atoms with Crippen LogP contribution in [-0.2, 0) is 23.2 Å². The first-order valence-corrected chi connectivity index (χ1v) is 8.89. The molecule has 0 bridgehead atoms. The summed E-state index contributed by atoms with van der Waals surface area (Å²) in [5.41, 5.74) is 8.26. The average molecular weight is 311 g/mol. The van der Waals surface area contributed by atoms with Crippen molar-refractivity contribution in [2.75, 3.05) is 13.1 Å². The molecular weight excluding hydrogens is 286 g/mol. The van der Waals surface area contributed by atoms with Gasteiger partial charge < -0.3 is 5.73 Å². The summed E-state index contributed by atoms with van der Waals surface area (Å²) in [7, 11) is -3.45. The van der Waals surface area contributed by atoms with Crippen LogP contribution < -0.4 is 10.5 Å². The average Bonchev–Trinajstić information content (AvgIpc) is 2.44. The topological polar surface area (TPSA) is 75.4 Å². The molecule has 0 saturated heterocycles. The highest BCUT2D eigenvalue weighted by Crippen LogP contribution is 2.20. The van der Waals surface area contributed by atoms with Crippen LogP contribution in [-0.4, -0.2) is 31.9 Å². The zero-order valence-corrected chi connectivity index (χ0v) is 13.6. The number of hydrogen-bond acceptors (Lipinski definition) is 3. The fourth-order valence-electron chi connectivity index (χ4n) is 2.67. The first kappa shape index (κ1) is 16.4. The monoisotopic (exact) mass is 311 g/mol. The summed E-state index contributed by atoms with van der Waals surface area (Å²) < 4.78 is 28.8. The molecule has 21 heavy (non-hydrogen) atoms. The minimum atomic E-state index is -3.45. The molecule has 1 aromatic rings. The third kappa shape index (κ3) is 4.51. The van der Waals surface area contributed by atoms with Crippen LogP contribution in [0.3, 0.4) is 0 Å². The van der Waals surface area contributed by atoms with E-state index in [1.165, 1.54) is 9.87 Å². The molecule has 3 N–H and O–H groups in total. The molecule has 0 spiro atoms. The molecule has 6 heteroatoms. The van der Waals surface area contributed by atoms with E-state index in [1.807, 2.05) is 18.2 Å². The minimum Gasteiger partial charge on any atom is -0.327 e. The maximum absolute atomic E-state index is 12.3. The molecule has 1 atom stereocenters. The van der Waals surface area contributed by atoms with Crippen LogP contribution in [0.2, 0.25) is 0 Å². The standard InChI is InChI=1S/C15H25N3O2S/c1-12(2)9-15(16)10-17-21(19,20)18-8-7-13-5-3-4-6-14(13)11-18/h3-6,12,15,17H,7-11,16H2,1-2H3. The molecule has 0 aliphatic carbocycles. The third-order valence-electron chi connectivity index (χ3n) is 3.74. The van der Waals surface area contributed by atoms with Crippen LogP contribution in [0, 0.1) is 5.92 Å². The molecule has 1 aromatic carbocycles. The van der Waals surface area contributed by atoms with Gasteiger partial charge in [-0.2, -0.15) is 12.7 Å². The van der Waals surface area contributed by atoms with Crippen molar-refractivity contribution in [2.45, 2.75) is 39.3 Å². The third-order valence-corrected chi connectivity index (χ3v) is 5.26. The lowest BCUT2D eigenvalue weighted by molar-refractivity contribution is 0.380. The molecule has 1 aliphatic rings. The van der Waals surface area contributed by atoms with Crippen molar-refractivity contribution >= 4 is 10.2 Å². The van der Waals surface area contributed by atoms with Crippen LogP contribution in [0.15, 0.2) is 24.3 Å². The van der Waals surface area contributed by atoms with Crippen molar-refractivity contribution in [1.82, 2.24) is 9.03 Å². The molecule has 0 radical (unpaired) electrons. The van der Waals surface area contributed by atoms with Gasteiger partial charge in [0.15, 0.2) is 0 Å². The summed E-state index contributed by atoms with van der Waals surface area (Å²) in [6.45, 7) is 5.40. The number of nitrogens with two attached hydrogens (primary N) is 1. The molecule has 5 nitrogen and oxygen atoms in total. The molecule has 118 valence electrons. The summed E-state index contributed by atoms with van der Waals surface area (Å²) >= 11 is 0. The number of nitrogens with zero attached hydrogens (tertiary/aromatic N) is 1. The van der Waals surface area contributed by atoms with Crippen LogP contribution in [0.5, 0.6) is 0 Å². The molecule has 0 aromatic heterocycles. The van der Waals surface area contributed by atoms with E-state index in [4.69, 9.17) is 5.73 Å².